The van der Waals surface area contributed by atoms with Crippen LogP contribution >= 0.6 is 0 Å². The molecule has 3 heteroatoms. The first kappa shape index (κ1) is 10.9. The van der Waals surface area contributed by atoms with Gasteiger partial charge in [0.2, 0.25) is 5.91 Å². The molecule has 0 heterocycles. The smallest absolute Gasteiger partial charge is 0.221 e. The van der Waals surface area contributed by atoms with Gasteiger partial charge in [-0.3, -0.25) is 4.79 Å². The molecule has 15 heavy (non-hydrogen) atoms. The van der Waals surface area contributed by atoms with Crippen molar-refractivity contribution in [1.29, 1.82) is 0 Å². The van der Waals surface area contributed by atoms with E-state index in [2.05, 4.69) is 24.5 Å². The highest BCUT2D eigenvalue weighted by Crippen LogP contribution is 2.47. The first-order valence-electron chi connectivity index (χ1n) is 6.13. The summed E-state index contributed by atoms with van der Waals surface area (Å²) in [5, 5.41) is 6.45. The molecule has 0 aliphatic heterocycles. The Morgan fingerprint density at radius 3 is 2.67 bits per heavy atom. The quantitative estimate of drug-likeness (QED) is 0.696. The van der Waals surface area contributed by atoms with Crippen LogP contribution in [-0.4, -0.2) is 24.5 Å². The Morgan fingerprint density at radius 2 is 2.13 bits per heavy atom. The van der Waals surface area contributed by atoms with Crippen molar-refractivity contribution in [2.24, 2.45) is 5.41 Å². The van der Waals surface area contributed by atoms with Gasteiger partial charge in [0.05, 0.1) is 0 Å². The third-order valence-corrected chi connectivity index (χ3v) is 3.83. The fourth-order valence-corrected chi connectivity index (χ4v) is 1.81. The summed E-state index contributed by atoms with van der Waals surface area (Å²) in [6, 6.07) is 1.04. The Labute approximate surface area is 92.0 Å². The maximum Gasteiger partial charge on any atom is 0.221 e. The normalized spacial score (nSPS) is 24.7. The number of hydrogen-bond donors (Lipinski definition) is 2. The number of carbonyl (C=O) groups excluding carboxylic acids is 1. The fourth-order valence-electron chi connectivity index (χ4n) is 1.81. The zero-order chi connectivity index (χ0) is 10.9. The van der Waals surface area contributed by atoms with Gasteiger partial charge in [-0.15, -0.1) is 0 Å². The van der Waals surface area contributed by atoms with Gasteiger partial charge in [0.15, 0.2) is 0 Å². The van der Waals surface area contributed by atoms with Crippen LogP contribution in [0.15, 0.2) is 0 Å². The van der Waals surface area contributed by atoms with E-state index >= 15 is 0 Å². The van der Waals surface area contributed by atoms with Gasteiger partial charge in [-0.1, -0.05) is 6.92 Å². The molecule has 2 rings (SSSR count). The fraction of sp³-hybridized carbons (Fsp3) is 0.917. The van der Waals surface area contributed by atoms with Crippen LogP contribution < -0.4 is 10.6 Å². The lowest BCUT2D eigenvalue weighted by atomic mass is 10.0. The van der Waals surface area contributed by atoms with Crippen molar-refractivity contribution in [1.82, 2.24) is 10.6 Å². The van der Waals surface area contributed by atoms with E-state index in [-0.39, 0.29) is 5.91 Å². The topological polar surface area (TPSA) is 41.1 Å². The summed E-state index contributed by atoms with van der Waals surface area (Å²) in [7, 11) is 0. The molecule has 2 fully saturated rings. The van der Waals surface area contributed by atoms with Crippen LogP contribution in [0.1, 0.15) is 46.0 Å². The van der Waals surface area contributed by atoms with Gasteiger partial charge in [-0.05, 0) is 38.0 Å². The molecule has 0 aromatic rings. The molecule has 2 N–H and O–H groups in total. The molecule has 0 aromatic heterocycles. The summed E-state index contributed by atoms with van der Waals surface area (Å²) >= 11 is 0. The molecule has 0 radical (unpaired) electrons. The van der Waals surface area contributed by atoms with Crippen LogP contribution in [0.5, 0.6) is 0 Å². The standard InChI is InChI=1S/C12H22N2O/c1-9(12(2)6-7-12)13-8-5-11(15)14-10-3-4-10/h9-10,13H,3-8H2,1-2H3,(H,14,15). The second-order valence-corrected chi connectivity index (χ2v) is 5.42. The third-order valence-electron chi connectivity index (χ3n) is 3.83. The van der Waals surface area contributed by atoms with Crippen LogP contribution in [-0.2, 0) is 4.79 Å². The maximum atomic E-state index is 11.4. The van der Waals surface area contributed by atoms with E-state index in [4.69, 9.17) is 0 Å². The molecular formula is C12H22N2O. The van der Waals surface area contributed by atoms with E-state index in [1.165, 1.54) is 25.7 Å². The molecular weight excluding hydrogens is 188 g/mol. The van der Waals surface area contributed by atoms with E-state index in [0.29, 0.717) is 23.9 Å². The molecule has 1 atom stereocenters. The van der Waals surface area contributed by atoms with E-state index in [1.807, 2.05) is 0 Å². The Bertz CT molecular complexity index is 244. The van der Waals surface area contributed by atoms with Gasteiger partial charge < -0.3 is 10.6 Å². The SMILES string of the molecule is CC(NCCC(=O)NC1CC1)C1(C)CC1. The summed E-state index contributed by atoms with van der Waals surface area (Å²) < 4.78 is 0. The highest BCUT2D eigenvalue weighted by molar-refractivity contribution is 5.76. The Kier molecular flexibility index (Phi) is 3.01. The van der Waals surface area contributed by atoms with Crippen molar-refractivity contribution in [2.75, 3.05) is 6.54 Å². The summed E-state index contributed by atoms with van der Waals surface area (Å²) in [6.07, 6.45) is 5.63. The zero-order valence-corrected chi connectivity index (χ0v) is 9.81. The minimum absolute atomic E-state index is 0.207. The first-order valence-corrected chi connectivity index (χ1v) is 6.13. The van der Waals surface area contributed by atoms with Gasteiger partial charge in [-0.2, -0.15) is 0 Å². The lowest BCUT2D eigenvalue weighted by Crippen LogP contribution is -2.36. The zero-order valence-electron chi connectivity index (χ0n) is 9.81. The van der Waals surface area contributed by atoms with Gasteiger partial charge in [0.1, 0.15) is 0 Å². The average Bonchev–Trinajstić information content (AvgIpc) is 3.04. The summed E-state index contributed by atoms with van der Waals surface area (Å²) in [4.78, 5) is 11.4. The first-order chi connectivity index (χ1) is 7.10. The maximum absolute atomic E-state index is 11.4. The molecule has 0 saturated heterocycles. The van der Waals surface area contributed by atoms with E-state index < -0.39 is 0 Å². The van der Waals surface area contributed by atoms with Gasteiger partial charge in [0, 0.05) is 25.0 Å². The molecule has 0 spiro atoms. The largest absolute Gasteiger partial charge is 0.353 e. The van der Waals surface area contributed by atoms with Gasteiger partial charge >= 0.3 is 0 Å². The summed E-state index contributed by atoms with van der Waals surface area (Å²) in [6.45, 7) is 5.36. The predicted molar refractivity (Wildman–Crippen MR) is 60.6 cm³/mol. The van der Waals surface area contributed by atoms with Crippen molar-refractivity contribution in [3.05, 3.63) is 0 Å². The summed E-state index contributed by atoms with van der Waals surface area (Å²) in [5.74, 6) is 0.207. The van der Waals surface area contributed by atoms with E-state index in [9.17, 15) is 4.79 Å². The second-order valence-electron chi connectivity index (χ2n) is 5.42. The highest BCUT2D eigenvalue weighted by Gasteiger charge is 2.42. The molecule has 2 aliphatic rings. The minimum atomic E-state index is 0.207. The predicted octanol–water partition coefficient (Wildman–Crippen LogP) is 1.43. The second kappa shape index (κ2) is 4.12. The van der Waals surface area contributed by atoms with Crippen LogP contribution in [0.2, 0.25) is 0 Å². The molecule has 3 nitrogen and oxygen atoms in total. The Balaban J connectivity index is 1.55. The molecule has 0 aromatic carbocycles. The summed E-state index contributed by atoms with van der Waals surface area (Å²) in [5.41, 5.74) is 0.507. The Morgan fingerprint density at radius 1 is 1.47 bits per heavy atom. The number of carbonyl (C=O) groups is 1. The molecule has 86 valence electrons. The number of nitrogens with one attached hydrogen (secondary N) is 2. The molecule has 2 aliphatic carbocycles. The molecule has 2 saturated carbocycles. The van der Waals surface area contributed by atoms with Crippen molar-refractivity contribution < 1.29 is 4.79 Å². The highest BCUT2D eigenvalue weighted by atomic mass is 16.1. The van der Waals surface area contributed by atoms with Crippen LogP contribution in [0.4, 0.5) is 0 Å². The number of amides is 1. The van der Waals surface area contributed by atoms with E-state index in [0.717, 1.165) is 6.54 Å². The monoisotopic (exact) mass is 210 g/mol. The van der Waals surface area contributed by atoms with Crippen molar-refractivity contribution in [3.63, 3.8) is 0 Å². The molecule has 1 amide bonds. The van der Waals surface area contributed by atoms with E-state index in [1.54, 1.807) is 0 Å². The third kappa shape index (κ3) is 3.20. The Hall–Kier alpha value is -0.570. The molecule has 1 unspecified atom stereocenters. The van der Waals surface area contributed by atoms with Crippen LogP contribution in [0, 0.1) is 5.41 Å². The van der Waals surface area contributed by atoms with Crippen molar-refractivity contribution in [3.8, 4) is 0 Å². The van der Waals surface area contributed by atoms with Gasteiger partial charge in [0.25, 0.3) is 0 Å². The lowest BCUT2D eigenvalue weighted by molar-refractivity contribution is -0.121. The lowest BCUT2D eigenvalue weighted by Gasteiger charge is -2.20. The van der Waals surface area contributed by atoms with Gasteiger partial charge in [-0.25, -0.2) is 0 Å². The average molecular weight is 210 g/mol. The van der Waals surface area contributed by atoms with Crippen molar-refractivity contribution >= 4 is 5.91 Å². The number of hydrogen-bond acceptors (Lipinski definition) is 2. The molecule has 0 bridgehead atoms. The van der Waals surface area contributed by atoms with Crippen LogP contribution in [0.3, 0.4) is 0 Å². The minimum Gasteiger partial charge on any atom is -0.353 e. The van der Waals surface area contributed by atoms with Crippen molar-refractivity contribution in [2.45, 2.75) is 58.0 Å². The number of rotatable bonds is 6. The van der Waals surface area contributed by atoms with Crippen LogP contribution in [0.25, 0.3) is 0 Å².